The number of hydrogen-bond acceptors (Lipinski definition) is 3. The fourth-order valence-electron chi connectivity index (χ4n) is 2.52. The molecule has 4 nitrogen and oxygen atoms in total. The Morgan fingerprint density at radius 2 is 1.70 bits per heavy atom. The van der Waals surface area contributed by atoms with Gasteiger partial charge in [-0.3, -0.25) is 4.79 Å². The summed E-state index contributed by atoms with van der Waals surface area (Å²) in [7, 11) is 0. The quantitative estimate of drug-likeness (QED) is 0.750. The molecule has 3 rings (SSSR count). The summed E-state index contributed by atoms with van der Waals surface area (Å²) < 4.78 is 0. The third kappa shape index (κ3) is 3.71. The number of aromatic nitrogens is 1. The summed E-state index contributed by atoms with van der Waals surface area (Å²) in [5.74, 6) is 0.793. The molecule has 1 fully saturated rings. The Hall–Kier alpha value is -1.49. The van der Waals surface area contributed by atoms with E-state index in [0.29, 0.717) is 46.9 Å². The van der Waals surface area contributed by atoms with Crippen molar-refractivity contribution in [3.63, 3.8) is 0 Å². The van der Waals surface area contributed by atoms with Crippen molar-refractivity contribution >= 4 is 46.5 Å². The van der Waals surface area contributed by atoms with Gasteiger partial charge in [-0.25, -0.2) is 4.98 Å². The molecule has 0 N–H and O–H groups in total. The van der Waals surface area contributed by atoms with Crippen molar-refractivity contribution in [2.75, 3.05) is 31.1 Å². The van der Waals surface area contributed by atoms with Crippen LogP contribution in [0.1, 0.15) is 10.4 Å². The van der Waals surface area contributed by atoms with E-state index < -0.39 is 0 Å². The van der Waals surface area contributed by atoms with Crippen LogP contribution in [0.5, 0.6) is 0 Å². The van der Waals surface area contributed by atoms with Gasteiger partial charge in [-0.05, 0) is 30.3 Å². The van der Waals surface area contributed by atoms with Crippen molar-refractivity contribution in [1.29, 1.82) is 0 Å². The minimum Gasteiger partial charge on any atom is -0.353 e. The second kappa shape index (κ2) is 6.95. The van der Waals surface area contributed by atoms with Crippen LogP contribution in [0.15, 0.2) is 36.4 Å². The van der Waals surface area contributed by atoms with E-state index in [1.165, 1.54) is 0 Å². The van der Waals surface area contributed by atoms with Crippen LogP contribution in [0.2, 0.25) is 15.2 Å². The molecule has 0 aliphatic carbocycles. The van der Waals surface area contributed by atoms with Crippen molar-refractivity contribution in [2.24, 2.45) is 0 Å². The van der Waals surface area contributed by atoms with Crippen LogP contribution < -0.4 is 4.90 Å². The second-order valence-electron chi connectivity index (χ2n) is 5.23. The molecule has 0 unspecified atom stereocenters. The van der Waals surface area contributed by atoms with Crippen LogP contribution in [0.25, 0.3) is 0 Å². The molecular weight excluding hydrogens is 357 g/mol. The van der Waals surface area contributed by atoms with Crippen LogP contribution in [0, 0.1) is 0 Å². The van der Waals surface area contributed by atoms with Crippen LogP contribution >= 0.6 is 34.8 Å². The molecule has 7 heteroatoms. The normalized spacial score (nSPS) is 14.9. The predicted molar refractivity (Wildman–Crippen MR) is 93.8 cm³/mol. The van der Waals surface area contributed by atoms with Gasteiger partial charge in [0, 0.05) is 31.7 Å². The molecule has 0 atom stereocenters. The molecule has 1 saturated heterocycles. The van der Waals surface area contributed by atoms with Gasteiger partial charge in [0.1, 0.15) is 11.0 Å². The van der Waals surface area contributed by atoms with Gasteiger partial charge in [-0.15, -0.1) is 0 Å². The SMILES string of the molecule is O=C(c1ccc(Cl)c(Cl)c1)N1CCN(c2cccc(Cl)n2)CC1. The number of rotatable bonds is 2. The Balaban J connectivity index is 1.66. The monoisotopic (exact) mass is 369 g/mol. The van der Waals surface area contributed by atoms with Crippen molar-refractivity contribution in [1.82, 2.24) is 9.88 Å². The van der Waals surface area contributed by atoms with E-state index in [9.17, 15) is 4.79 Å². The van der Waals surface area contributed by atoms with Crippen LogP contribution in [-0.2, 0) is 0 Å². The average molecular weight is 371 g/mol. The maximum atomic E-state index is 12.5. The van der Waals surface area contributed by atoms with Gasteiger partial charge in [0.05, 0.1) is 10.0 Å². The maximum absolute atomic E-state index is 12.5. The van der Waals surface area contributed by atoms with Crippen molar-refractivity contribution in [3.8, 4) is 0 Å². The Bertz CT molecular complexity index is 730. The minimum absolute atomic E-state index is 0.0396. The zero-order valence-corrected chi connectivity index (χ0v) is 14.4. The molecule has 1 aromatic carbocycles. The Kier molecular flexibility index (Phi) is 4.95. The van der Waals surface area contributed by atoms with E-state index in [0.717, 1.165) is 5.82 Å². The summed E-state index contributed by atoms with van der Waals surface area (Å²) in [5.41, 5.74) is 0.550. The fraction of sp³-hybridized carbons (Fsp3) is 0.250. The lowest BCUT2D eigenvalue weighted by Crippen LogP contribution is -2.49. The van der Waals surface area contributed by atoms with Gasteiger partial charge in [0.15, 0.2) is 0 Å². The Morgan fingerprint density at radius 1 is 0.957 bits per heavy atom. The molecule has 1 aliphatic heterocycles. The molecule has 1 amide bonds. The smallest absolute Gasteiger partial charge is 0.254 e. The summed E-state index contributed by atoms with van der Waals surface area (Å²) in [6.07, 6.45) is 0. The molecular formula is C16H14Cl3N3O. The van der Waals surface area contributed by atoms with Crippen molar-refractivity contribution in [2.45, 2.75) is 0 Å². The number of anilines is 1. The summed E-state index contributed by atoms with van der Waals surface area (Å²) in [6.45, 7) is 2.65. The lowest BCUT2D eigenvalue weighted by molar-refractivity contribution is 0.0746. The molecule has 2 heterocycles. The molecule has 2 aromatic rings. The summed E-state index contributed by atoms with van der Waals surface area (Å²) in [4.78, 5) is 20.8. The topological polar surface area (TPSA) is 36.4 Å². The zero-order valence-electron chi connectivity index (χ0n) is 12.2. The maximum Gasteiger partial charge on any atom is 0.254 e. The number of nitrogens with zero attached hydrogens (tertiary/aromatic N) is 3. The molecule has 0 bridgehead atoms. The van der Waals surface area contributed by atoms with Gasteiger partial charge in [-0.1, -0.05) is 40.9 Å². The van der Waals surface area contributed by atoms with Crippen LogP contribution in [0.4, 0.5) is 5.82 Å². The summed E-state index contributed by atoms with van der Waals surface area (Å²) in [5, 5.41) is 1.30. The fourth-order valence-corrected chi connectivity index (χ4v) is 2.98. The third-order valence-corrected chi connectivity index (χ3v) is 4.71. The number of halogens is 3. The largest absolute Gasteiger partial charge is 0.353 e. The first-order valence-electron chi connectivity index (χ1n) is 7.16. The standard InChI is InChI=1S/C16H14Cl3N3O/c17-12-5-4-11(10-13(12)18)16(23)22-8-6-21(7-9-22)15-3-1-2-14(19)20-15/h1-5,10H,6-9H2. The van der Waals surface area contributed by atoms with Gasteiger partial charge in [0.25, 0.3) is 5.91 Å². The van der Waals surface area contributed by atoms with Crippen LogP contribution in [-0.4, -0.2) is 42.0 Å². The highest BCUT2D eigenvalue weighted by Crippen LogP contribution is 2.24. The van der Waals surface area contributed by atoms with E-state index in [2.05, 4.69) is 9.88 Å². The Labute approximate surface area is 149 Å². The molecule has 1 aliphatic rings. The second-order valence-corrected chi connectivity index (χ2v) is 6.43. The highest BCUT2D eigenvalue weighted by molar-refractivity contribution is 6.42. The number of pyridine rings is 1. The first-order valence-corrected chi connectivity index (χ1v) is 8.30. The van der Waals surface area contributed by atoms with Gasteiger partial charge >= 0.3 is 0 Å². The summed E-state index contributed by atoms with van der Waals surface area (Å²) >= 11 is 17.8. The van der Waals surface area contributed by atoms with E-state index in [1.807, 2.05) is 12.1 Å². The van der Waals surface area contributed by atoms with E-state index in [4.69, 9.17) is 34.8 Å². The Morgan fingerprint density at radius 3 is 2.35 bits per heavy atom. The number of carbonyl (C=O) groups excluding carboxylic acids is 1. The third-order valence-electron chi connectivity index (χ3n) is 3.76. The number of benzene rings is 1. The highest BCUT2D eigenvalue weighted by atomic mass is 35.5. The lowest BCUT2D eigenvalue weighted by atomic mass is 10.2. The average Bonchev–Trinajstić information content (AvgIpc) is 2.57. The molecule has 23 heavy (non-hydrogen) atoms. The molecule has 0 spiro atoms. The van der Waals surface area contributed by atoms with Crippen molar-refractivity contribution in [3.05, 3.63) is 57.2 Å². The first kappa shape index (κ1) is 16.4. The number of piperazine rings is 1. The number of carbonyl (C=O) groups is 1. The molecule has 120 valence electrons. The molecule has 1 aromatic heterocycles. The highest BCUT2D eigenvalue weighted by Gasteiger charge is 2.23. The van der Waals surface area contributed by atoms with E-state index in [-0.39, 0.29) is 5.91 Å². The zero-order chi connectivity index (χ0) is 16.4. The van der Waals surface area contributed by atoms with Gasteiger partial charge < -0.3 is 9.80 Å². The van der Waals surface area contributed by atoms with Crippen LogP contribution in [0.3, 0.4) is 0 Å². The van der Waals surface area contributed by atoms with Gasteiger partial charge in [-0.2, -0.15) is 0 Å². The van der Waals surface area contributed by atoms with Crippen molar-refractivity contribution < 1.29 is 4.79 Å². The lowest BCUT2D eigenvalue weighted by Gasteiger charge is -2.35. The van der Waals surface area contributed by atoms with E-state index >= 15 is 0 Å². The summed E-state index contributed by atoms with van der Waals surface area (Å²) in [6, 6.07) is 10.5. The first-order chi connectivity index (χ1) is 11.0. The number of amides is 1. The number of hydrogen-bond donors (Lipinski definition) is 0. The molecule has 0 radical (unpaired) electrons. The minimum atomic E-state index is -0.0396. The predicted octanol–water partition coefficient (Wildman–Crippen LogP) is 4.00. The van der Waals surface area contributed by atoms with Gasteiger partial charge in [0.2, 0.25) is 0 Å². The van der Waals surface area contributed by atoms with E-state index in [1.54, 1.807) is 29.2 Å². The molecule has 0 saturated carbocycles.